The van der Waals surface area contributed by atoms with Crippen LogP contribution in [-0.4, -0.2) is 35.0 Å². The Hall–Kier alpha value is -0.410. The van der Waals surface area contributed by atoms with Crippen LogP contribution in [0.4, 0.5) is 5.69 Å². The predicted molar refractivity (Wildman–Crippen MR) is 68.2 cm³/mol. The first-order valence-corrected chi connectivity index (χ1v) is 6.83. The Morgan fingerprint density at radius 3 is 3.27 bits per heavy atom. The second-order valence-corrected chi connectivity index (χ2v) is 5.19. The summed E-state index contributed by atoms with van der Waals surface area (Å²) in [5.41, 5.74) is 2.33. The van der Waals surface area contributed by atoms with E-state index in [0.717, 1.165) is 18.0 Å². The molecule has 1 aliphatic heterocycles. The van der Waals surface area contributed by atoms with Crippen molar-refractivity contribution in [2.45, 2.75) is 13.0 Å². The van der Waals surface area contributed by atoms with Gasteiger partial charge in [0.15, 0.2) is 0 Å². The van der Waals surface area contributed by atoms with Gasteiger partial charge >= 0.3 is 0 Å². The average Bonchev–Trinajstić information content (AvgIpc) is 2.29. The van der Waals surface area contributed by atoms with Crippen LogP contribution in [0.15, 0.2) is 18.3 Å². The lowest BCUT2D eigenvalue weighted by atomic mass is 10.2. The molecule has 1 atom stereocenters. The lowest BCUT2D eigenvalue weighted by molar-refractivity contribution is 0.704. The minimum Gasteiger partial charge on any atom is -0.366 e. The second kappa shape index (κ2) is 5.08. The van der Waals surface area contributed by atoms with E-state index in [2.05, 4.69) is 22.0 Å². The Morgan fingerprint density at radius 1 is 1.67 bits per heavy atom. The third-order valence-electron chi connectivity index (χ3n) is 2.62. The average molecular weight is 243 g/mol. The first-order chi connectivity index (χ1) is 7.31. The van der Waals surface area contributed by atoms with Crippen LogP contribution < -0.4 is 4.90 Å². The molecule has 2 heterocycles. The molecule has 2 nitrogen and oxygen atoms in total. The van der Waals surface area contributed by atoms with Crippen LogP contribution in [0.1, 0.15) is 5.69 Å². The molecule has 0 N–H and O–H groups in total. The van der Waals surface area contributed by atoms with Crippen LogP contribution in [0.3, 0.4) is 0 Å². The summed E-state index contributed by atoms with van der Waals surface area (Å²) in [6, 6.07) is 4.67. The van der Waals surface area contributed by atoms with Crippen LogP contribution >= 0.6 is 23.4 Å². The summed E-state index contributed by atoms with van der Waals surface area (Å²) in [5, 5.41) is 0. The third-order valence-corrected chi connectivity index (χ3v) is 4.07. The van der Waals surface area contributed by atoms with Gasteiger partial charge in [0.2, 0.25) is 0 Å². The summed E-state index contributed by atoms with van der Waals surface area (Å²) in [6.07, 6.45) is 1.87. The van der Waals surface area contributed by atoms with Crippen molar-refractivity contribution in [3.8, 4) is 0 Å². The number of nitrogens with zero attached hydrogens (tertiary/aromatic N) is 2. The van der Waals surface area contributed by atoms with Crippen molar-refractivity contribution in [3.63, 3.8) is 0 Å². The molecule has 1 unspecified atom stereocenters. The van der Waals surface area contributed by atoms with E-state index >= 15 is 0 Å². The fourth-order valence-electron chi connectivity index (χ4n) is 1.83. The number of alkyl halides is 1. The van der Waals surface area contributed by atoms with E-state index in [1.807, 2.05) is 24.9 Å². The highest BCUT2D eigenvalue weighted by atomic mass is 35.5. The van der Waals surface area contributed by atoms with Gasteiger partial charge in [-0.3, -0.25) is 4.98 Å². The smallest absolute Gasteiger partial charge is 0.0516 e. The van der Waals surface area contributed by atoms with Crippen LogP contribution in [-0.2, 0) is 0 Å². The number of aromatic nitrogens is 1. The molecule has 1 aromatic rings. The molecule has 15 heavy (non-hydrogen) atoms. The first-order valence-electron chi connectivity index (χ1n) is 5.14. The zero-order chi connectivity index (χ0) is 10.7. The molecular formula is C11H15ClN2S. The summed E-state index contributed by atoms with van der Waals surface area (Å²) in [5.74, 6) is 3.02. The maximum Gasteiger partial charge on any atom is 0.0516 e. The Balaban J connectivity index is 2.20. The fraction of sp³-hybridized carbons (Fsp3) is 0.545. The monoisotopic (exact) mass is 242 g/mol. The predicted octanol–water partition coefficient (Wildman–Crippen LogP) is 2.55. The molecule has 0 aromatic carbocycles. The van der Waals surface area contributed by atoms with Gasteiger partial charge in [0.25, 0.3) is 0 Å². The van der Waals surface area contributed by atoms with Gasteiger partial charge in [-0.15, -0.1) is 11.6 Å². The maximum atomic E-state index is 5.99. The molecular weight excluding hydrogens is 228 g/mol. The van der Waals surface area contributed by atoms with Gasteiger partial charge in [0.05, 0.1) is 6.04 Å². The van der Waals surface area contributed by atoms with Crippen LogP contribution in [0.5, 0.6) is 0 Å². The van der Waals surface area contributed by atoms with Crippen molar-refractivity contribution in [1.82, 2.24) is 4.98 Å². The molecule has 2 rings (SSSR count). The molecule has 1 fully saturated rings. The van der Waals surface area contributed by atoms with Crippen LogP contribution in [0.2, 0.25) is 0 Å². The van der Waals surface area contributed by atoms with Gasteiger partial charge in [-0.1, -0.05) is 0 Å². The van der Waals surface area contributed by atoms with E-state index in [4.69, 9.17) is 11.6 Å². The maximum absolute atomic E-state index is 5.99. The lowest BCUT2D eigenvalue weighted by Gasteiger charge is -2.36. The number of thioether (sulfide) groups is 1. The van der Waals surface area contributed by atoms with E-state index in [9.17, 15) is 0 Å². The zero-order valence-corrected chi connectivity index (χ0v) is 10.4. The van der Waals surface area contributed by atoms with Gasteiger partial charge in [0, 0.05) is 41.5 Å². The third kappa shape index (κ3) is 2.58. The minimum absolute atomic E-state index is 0.465. The summed E-state index contributed by atoms with van der Waals surface area (Å²) in [4.78, 5) is 6.62. The summed E-state index contributed by atoms with van der Waals surface area (Å²) < 4.78 is 0. The lowest BCUT2D eigenvalue weighted by Crippen LogP contribution is -2.43. The minimum atomic E-state index is 0.465. The zero-order valence-electron chi connectivity index (χ0n) is 8.82. The fourth-order valence-corrected chi connectivity index (χ4v) is 3.30. The van der Waals surface area contributed by atoms with E-state index in [1.165, 1.54) is 11.4 Å². The van der Waals surface area contributed by atoms with E-state index in [1.54, 1.807) is 0 Å². The molecule has 0 bridgehead atoms. The highest BCUT2D eigenvalue weighted by Crippen LogP contribution is 2.24. The second-order valence-electron chi connectivity index (χ2n) is 3.73. The van der Waals surface area contributed by atoms with Crippen LogP contribution in [0.25, 0.3) is 0 Å². The molecule has 0 aliphatic carbocycles. The van der Waals surface area contributed by atoms with Gasteiger partial charge < -0.3 is 4.90 Å². The van der Waals surface area contributed by atoms with Gasteiger partial charge in [-0.25, -0.2) is 0 Å². The van der Waals surface area contributed by atoms with Crippen LogP contribution in [0, 0.1) is 6.92 Å². The molecule has 0 radical (unpaired) electrons. The Bertz CT molecular complexity index is 332. The molecule has 0 saturated carbocycles. The molecule has 0 spiro atoms. The number of pyridine rings is 1. The van der Waals surface area contributed by atoms with Gasteiger partial charge in [-0.05, 0) is 19.1 Å². The highest BCUT2D eigenvalue weighted by molar-refractivity contribution is 7.99. The van der Waals surface area contributed by atoms with Gasteiger partial charge in [-0.2, -0.15) is 11.8 Å². The number of hydrogen-bond acceptors (Lipinski definition) is 3. The number of anilines is 1. The first kappa shape index (κ1) is 11.1. The van der Waals surface area contributed by atoms with Crippen molar-refractivity contribution in [1.29, 1.82) is 0 Å². The van der Waals surface area contributed by atoms with Gasteiger partial charge in [0.1, 0.15) is 0 Å². The number of hydrogen-bond donors (Lipinski definition) is 0. The summed E-state index contributed by atoms with van der Waals surface area (Å²) >= 11 is 7.98. The number of halogens is 1. The highest BCUT2D eigenvalue weighted by Gasteiger charge is 2.22. The molecule has 1 aliphatic rings. The summed E-state index contributed by atoms with van der Waals surface area (Å²) in [7, 11) is 0. The quantitative estimate of drug-likeness (QED) is 0.742. The molecule has 1 saturated heterocycles. The molecule has 1 aromatic heterocycles. The van der Waals surface area contributed by atoms with E-state index in [-0.39, 0.29) is 0 Å². The Morgan fingerprint density at radius 2 is 2.53 bits per heavy atom. The molecule has 4 heteroatoms. The Labute approximate surface area is 100 Å². The number of aryl methyl sites for hydroxylation is 1. The normalized spacial score (nSPS) is 21.7. The van der Waals surface area contributed by atoms with Crippen molar-refractivity contribution < 1.29 is 0 Å². The SMILES string of the molecule is Cc1cc(N2CCSCC2CCl)ccn1. The topological polar surface area (TPSA) is 16.1 Å². The van der Waals surface area contributed by atoms with Crippen molar-refractivity contribution in [3.05, 3.63) is 24.0 Å². The molecule has 82 valence electrons. The molecule has 0 amide bonds. The summed E-state index contributed by atoms with van der Waals surface area (Å²) in [6.45, 7) is 3.11. The standard InChI is InChI=1S/C11H15ClN2S/c1-9-6-10(2-3-13-9)14-4-5-15-8-11(14)7-12/h2-3,6,11H,4-5,7-8H2,1H3. The van der Waals surface area contributed by atoms with Crippen molar-refractivity contribution in [2.24, 2.45) is 0 Å². The van der Waals surface area contributed by atoms with Crippen molar-refractivity contribution >= 4 is 29.1 Å². The van der Waals surface area contributed by atoms with Crippen molar-refractivity contribution in [2.75, 3.05) is 28.8 Å². The van der Waals surface area contributed by atoms with E-state index < -0.39 is 0 Å². The Kier molecular flexibility index (Phi) is 3.76. The van der Waals surface area contributed by atoms with E-state index in [0.29, 0.717) is 11.9 Å². The number of rotatable bonds is 2. The largest absolute Gasteiger partial charge is 0.366 e.